The summed E-state index contributed by atoms with van der Waals surface area (Å²) in [5, 5.41) is 9.13. The fourth-order valence-electron chi connectivity index (χ4n) is 1.90. The van der Waals surface area contributed by atoms with Gasteiger partial charge in [0.2, 0.25) is 5.76 Å². The summed E-state index contributed by atoms with van der Waals surface area (Å²) in [6, 6.07) is 3.11. The second-order valence-corrected chi connectivity index (χ2v) is 5.01. The van der Waals surface area contributed by atoms with E-state index in [0.717, 1.165) is 0 Å². The molecule has 0 radical (unpaired) electrons. The van der Waals surface area contributed by atoms with Crippen molar-refractivity contribution in [2.75, 3.05) is 7.11 Å². The Hall–Kier alpha value is -2.96. The van der Waals surface area contributed by atoms with Gasteiger partial charge in [0, 0.05) is 6.20 Å². The molecule has 0 bridgehead atoms. The summed E-state index contributed by atoms with van der Waals surface area (Å²) in [4.78, 5) is 30.7. The summed E-state index contributed by atoms with van der Waals surface area (Å²) < 4.78 is 9.84. The third-order valence-corrected chi connectivity index (χ3v) is 3.02. The molecular formula is C16H16N2O5. The van der Waals surface area contributed by atoms with Gasteiger partial charge < -0.3 is 14.3 Å². The van der Waals surface area contributed by atoms with E-state index < -0.39 is 11.9 Å². The number of methoxy groups -OCH3 is 1. The molecule has 23 heavy (non-hydrogen) atoms. The second-order valence-electron chi connectivity index (χ2n) is 5.01. The Bertz CT molecular complexity index is 762. The summed E-state index contributed by atoms with van der Waals surface area (Å²) in [5.41, 5.74) is 0.546. The van der Waals surface area contributed by atoms with Crippen molar-refractivity contribution in [3.63, 3.8) is 0 Å². The minimum Gasteiger partial charge on any atom is -0.478 e. The molecule has 2 rings (SSSR count). The second kappa shape index (κ2) is 6.87. The van der Waals surface area contributed by atoms with Crippen molar-refractivity contribution in [3.05, 3.63) is 46.9 Å². The van der Waals surface area contributed by atoms with Crippen LogP contribution in [0.3, 0.4) is 0 Å². The molecule has 0 saturated heterocycles. The molecule has 0 unspecified atom stereocenters. The van der Waals surface area contributed by atoms with Crippen LogP contribution in [0.15, 0.2) is 22.7 Å². The van der Waals surface area contributed by atoms with Crippen LogP contribution in [0.25, 0.3) is 12.2 Å². The van der Waals surface area contributed by atoms with Gasteiger partial charge in [0.1, 0.15) is 5.76 Å². The highest BCUT2D eigenvalue weighted by atomic mass is 16.5. The van der Waals surface area contributed by atoms with Crippen molar-refractivity contribution in [2.24, 2.45) is 0 Å². The van der Waals surface area contributed by atoms with E-state index in [4.69, 9.17) is 9.52 Å². The van der Waals surface area contributed by atoms with Crippen LogP contribution in [0.1, 0.15) is 58.0 Å². The molecule has 0 aromatic carbocycles. The molecular weight excluding hydrogens is 300 g/mol. The Labute approximate surface area is 132 Å². The highest BCUT2D eigenvalue weighted by Crippen LogP contribution is 2.18. The number of aromatic carboxylic acids is 1. The van der Waals surface area contributed by atoms with E-state index in [1.807, 2.05) is 13.8 Å². The molecule has 0 saturated carbocycles. The van der Waals surface area contributed by atoms with E-state index in [1.165, 1.54) is 19.4 Å². The van der Waals surface area contributed by atoms with Gasteiger partial charge in [-0.05, 0) is 30.2 Å². The van der Waals surface area contributed by atoms with E-state index in [2.05, 4.69) is 14.7 Å². The summed E-state index contributed by atoms with van der Waals surface area (Å²) in [6.45, 7) is 3.72. The maximum absolute atomic E-state index is 11.3. The number of carboxylic acids is 1. The van der Waals surface area contributed by atoms with Crippen LogP contribution in [0.4, 0.5) is 0 Å². The number of nitrogens with zero attached hydrogens (tertiary/aromatic N) is 2. The first-order chi connectivity index (χ1) is 10.9. The van der Waals surface area contributed by atoms with Gasteiger partial charge in [-0.25, -0.2) is 19.6 Å². The molecule has 0 aliphatic heterocycles. The molecule has 1 N–H and O–H groups in total. The van der Waals surface area contributed by atoms with Crippen LogP contribution in [-0.2, 0) is 4.74 Å². The monoisotopic (exact) mass is 316 g/mol. The number of aromatic nitrogens is 2. The Balaban J connectivity index is 2.26. The van der Waals surface area contributed by atoms with Crippen molar-refractivity contribution in [1.82, 2.24) is 9.97 Å². The van der Waals surface area contributed by atoms with Crippen LogP contribution in [-0.4, -0.2) is 34.1 Å². The first-order valence-corrected chi connectivity index (χ1v) is 6.88. The molecule has 0 fully saturated rings. The molecule has 0 aliphatic rings. The maximum Gasteiger partial charge on any atom is 0.373 e. The van der Waals surface area contributed by atoms with Gasteiger partial charge in [0.05, 0.1) is 18.4 Å². The number of furan rings is 1. The van der Waals surface area contributed by atoms with Gasteiger partial charge in [-0.2, -0.15) is 0 Å². The van der Waals surface area contributed by atoms with Gasteiger partial charge in [-0.15, -0.1) is 0 Å². The zero-order valence-corrected chi connectivity index (χ0v) is 12.9. The van der Waals surface area contributed by atoms with Crippen LogP contribution in [0.2, 0.25) is 0 Å². The summed E-state index contributed by atoms with van der Waals surface area (Å²) in [6.07, 6.45) is 4.45. The van der Waals surface area contributed by atoms with Crippen LogP contribution >= 0.6 is 0 Å². The normalized spacial score (nSPS) is 11.1. The van der Waals surface area contributed by atoms with E-state index in [9.17, 15) is 9.59 Å². The van der Waals surface area contributed by atoms with Crippen molar-refractivity contribution < 1.29 is 23.8 Å². The number of carbonyl (C=O) groups excluding carboxylic acids is 1. The topological polar surface area (TPSA) is 103 Å². The van der Waals surface area contributed by atoms with E-state index in [1.54, 1.807) is 18.2 Å². The summed E-state index contributed by atoms with van der Waals surface area (Å²) in [7, 11) is 1.27. The highest BCUT2D eigenvalue weighted by molar-refractivity contribution is 5.89. The average Bonchev–Trinajstić information content (AvgIpc) is 3.00. The first-order valence-electron chi connectivity index (χ1n) is 6.88. The predicted molar refractivity (Wildman–Crippen MR) is 82.1 cm³/mol. The van der Waals surface area contributed by atoms with E-state index in [0.29, 0.717) is 17.3 Å². The number of ether oxygens (including phenoxy) is 1. The standard InChI is InChI=1S/C16H16N2O5/c1-9(2)14-11(15(19)20)8-17-13(18-14)7-5-10-4-6-12(23-10)16(21)22-3/h4-9H,1-3H3,(H,19,20). The van der Waals surface area contributed by atoms with Crippen LogP contribution < -0.4 is 0 Å². The number of hydrogen-bond donors (Lipinski definition) is 1. The minimum absolute atomic E-state index is 0.0502. The number of carboxylic acid groups (broad SMARTS) is 1. The van der Waals surface area contributed by atoms with Gasteiger partial charge in [0.25, 0.3) is 0 Å². The van der Waals surface area contributed by atoms with Crippen molar-refractivity contribution in [1.29, 1.82) is 0 Å². The van der Waals surface area contributed by atoms with Gasteiger partial charge in [0.15, 0.2) is 5.82 Å². The largest absolute Gasteiger partial charge is 0.478 e. The van der Waals surface area contributed by atoms with Gasteiger partial charge in [-0.3, -0.25) is 0 Å². The molecule has 7 nitrogen and oxygen atoms in total. The van der Waals surface area contributed by atoms with Gasteiger partial charge >= 0.3 is 11.9 Å². The molecule has 0 spiro atoms. The van der Waals surface area contributed by atoms with Crippen molar-refractivity contribution in [2.45, 2.75) is 19.8 Å². The lowest BCUT2D eigenvalue weighted by molar-refractivity contribution is 0.0564. The summed E-state index contributed by atoms with van der Waals surface area (Å²) >= 11 is 0. The smallest absolute Gasteiger partial charge is 0.373 e. The fourth-order valence-corrected chi connectivity index (χ4v) is 1.90. The number of carbonyl (C=O) groups is 2. The third-order valence-electron chi connectivity index (χ3n) is 3.02. The number of esters is 1. The summed E-state index contributed by atoms with van der Waals surface area (Å²) in [5.74, 6) is -0.785. The van der Waals surface area contributed by atoms with Crippen molar-refractivity contribution in [3.8, 4) is 0 Å². The average molecular weight is 316 g/mol. The molecule has 120 valence electrons. The molecule has 0 atom stereocenters. The van der Waals surface area contributed by atoms with Crippen molar-refractivity contribution >= 4 is 24.1 Å². The fraction of sp³-hybridized carbons (Fsp3) is 0.250. The molecule has 2 aromatic rings. The lowest BCUT2D eigenvalue weighted by Gasteiger charge is -2.08. The zero-order valence-electron chi connectivity index (χ0n) is 12.9. The number of hydrogen-bond acceptors (Lipinski definition) is 6. The lowest BCUT2D eigenvalue weighted by atomic mass is 10.1. The quantitative estimate of drug-likeness (QED) is 0.846. The minimum atomic E-state index is -1.06. The first kappa shape index (κ1) is 16.4. The Morgan fingerprint density at radius 1 is 1.30 bits per heavy atom. The Morgan fingerprint density at radius 3 is 2.65 bits per heavy atom. The maximum atomic E-state index is 11.3. The predicted octanol–water partition coefficient (Wildman–Crippen LogP) is 2.85. The molecule has 2 heterocycles. The van der Waals surface area contributed by atoms with E-state index in [-0.39, 0.29) is 17.2 Å². The molecule has 0 amide bonds. The third kappa shape index (κ3) is 3.82. The molecule has 0 aliphatic carbocycles. The van der Waals surface area contributed by atoms with E-state index >= 15 is 0 Å². The van der Waals surface area contributed by atoms with Crippen LogP contribution in [0, 0.1) is 0 Å². The molecule has 2 aromatic heterocycles. The Kier molecular flexibility index (Phi) is 4.90. The number of rotatable bonds is 5. The van der Waals surface area contributed by atoms with Gasteiger partial charge in [-0.1, -0.05) is 13.8 Å². The SMILES string of the molecule is COC(=O)c1ccc(C=Cc2ncc(C(=O)O)c(C(C)C)n2)o1. The molecule has 7 heteroatoms. The lowest BCUT2D eigenvalue weighted by Crippen LogP contribution is -2.08. The Morgan fingerprint density at radius 2 is 2.04 bits per heavy atom. The zero-order chi connectivity index (χ0) is 17.0. The highest BCUT2D eigenvalue weighted by Gasteiger charge is 2.15. The van der Waals surface area contributed by atoms with Crippen LogP contribution in [0.5, 0.6) is 0 Å².